The summed E-state index contributed by atoms with van der Waals surface area (Å²) in [5.41, 5.74) is 3.49. The molecular weight excluding hydrogens is 444 g/mol. The Balaban J connectivity index is 1.36. The first-order chi connectivity index (χ1) is 15.4. The Hall–Kier alpha value is -2.25. The SMILES string of the molecule is O=C(c1ccc(-c2cc(-c3ccnc(C4(O)CCC4)c3)cs2)c(Cl)c1)N1CCC(O)CC1. The number of aliphatic hydroxyl groups excluding tert-OH is 1. The number of hydrogen-bond donors (Lipinski definition) is 2. The summed E-state index contributed by atoms with van der Waals surface area (Å²) in [5, 5.41) is 22.9. The summed E-state index contributed by atoms with van der Waals surface area (Å²) >= 11 is 8.19. The number of rotatable bonds is 4. The molecular formula is C25H25ClN2O3S. The number of benzene rings is 1. The monoisotopic (exact) mass is 468 g/mol. The minimum absolute atomic E-state index is 0.0459. The number of piperidine rings is 1. The number of hydrogen-bond acceptors (Lipinski definition) is 5. The maximum atomic E-state index is 12.8. The van der Waals surface area contributed by atoms with Crippen LogP contribution in [-0.4, -0.2) is 45.2 Å². The summed E-state index contributed by atoms with van der Waals surface area (Å²) in [6, 6.07) is 11.5. The van der Waals surface area contributed by atoms with Gasteiger partial charge < -0.3 is 15.1 Å². The molecule has 1 aliphatic heterocycles. The molecule has 2 aliphatic rings. The lowest BCUT2D eigenvalue weighted by Crippen LogP contribution is -2.40. The summed E-state index contributed by atoms with van der Waals surface area (Å²) < 4.78 is 0. The first-order valence-corrected chi connectivity index (χ1v) is 12.2. The molecule has 3 heterocycles. The van der Waals surface area contributed by atoms with Crippen molar-refractivity contribution in [1.82, 2.24) is 9.88 Å². The third-order valence-electron chi connectivity index (χ3n) is 6.58. The second kappa shape index (κ2) is 8.60. The van der Waals surface area contributed by atoms with E-state index in [4.69, 9.17) is 11.6 Å². The maximum absolute atomic E-state index is 12.8. The first-order valence-electron chi connectivity index (χ1n) is 11.0. The van der Waals surface area contributed by atoms with Crippen LogP contribution in [0.15, 0.2) is 48.0 Å². The molecule has 5 rings (SSSR count). The number of amides is 1. The van der Waals surface area contributed by atoms with Crippen molar-refractivity contribution in [1.29, 1.82) is 0 Å². The second-order valence-electron chi connectivity index (χ2n) is 8.73. The number of aromatic nitrogens is 1. The Morgan fingerprint density at radius 2 is 1.91 bits per heavy atom. The minimum atomic E-state index is -0.785. The van der Waals surface area contributed by atoms with E-state index in [9.17, 15) is 15.0 Å². The lowest BCUT2D eigenvalue weighted by Gasteiger charge is -2.36. The van der Waals surface area contributed by atoms with Gasteiger partial charge in [0.15, 0.2) is 0 Å². The largest absolute Gasteiger partial charge is 0.393 e. The number of thiophene rings is 1. The number of halogens is 1. The summed E-state index contributed by atoms with van der Waals surface area (Å²) in [6.07, 6.45) is 5.22. The highest BCUT2D eigenvalue weighted by atomic mass is 35.5. The third-order valence-corrected chi connectivity index (χ3v) is 7.86. The Labute approximate surface area is 196 Å². The number of carbonyl (C=O) groups excluding carboxylic acids is 1. The molecule has 166 valence electrons. The topological polar surface area (TPSA) is 73.7 Å². The zero-order valence-electron chi connectivity index (χ0n) is 17.6. The van der Waals surface area contributed by atoms with Crippen LogP contribution in [0.1, 0.15) is 48.2 Å². The number of likely N-dealkylation sites (tertiary alicyclic amines) is 1. The lowest BCUT2D eigenvalue weighted by atomic mass is 9.77. The zero-order chi connectivity index (χ0) is 22.3. The molecule has 0 radical (unpaired) electrons. The molecule has 0 atom stereocenters. The molecule has 2 N–H and O–H groups in total. The molecule has 32 heavy (non-hydrogen) atoms. The van der Waals surface area contributed by atoms with Crippen molar-refractivity contribution < 1.29 is 15.0 Å². The zero-order valence-corrected chi connectivity index (χ0v) is 19.2. The molecule has 1 saturated heterocycles. The molecule has 7 heteroatoms. The highest BCUT2D eigenvalue weighted by Gasteiger charge is 2.37. The first kappa shape index (κ1) is 21.6. The van der Waals surface area contributed by atoms with Gasteiger partial charge in [-0.3, -0.25) is 9.78 Å². The van der Waals surface area contributed by atoms with Gasteiger partial charge in [-0.2, -0.15) is 0 Å². The fourth-order valence-electron chi connectivity index (χ4n) is 4.36. The highest BCUT2D eigenvalue weighted by Crippen LogP contribution is 2.42. The Morgan fingerprint density at radius 1 is 1.12 bits per heavy atom. The molecule has 2 fully saturated rings. The predicted molar refractivity (Wildman–Crippen MR) is 127 cm³/mol. The summed E-state index contributed by atoms with van der Waals surface area (Å²) in [5.74, 6) is -0.0459. The Kier molecular flexibility index (Phi) is 5.80. The van der Waals surface area contributed by atoms with Gasteiger partial charge in [-0.15, -0.1) is 11.3 Å². The quantitative estimate of drug-likeness (QED) is 0.558. The van der Waals surface area contributed by atoms with E-state index in [1.807, 2.05) is 24.3 Å². The number of pyridine rings is 1. The average molecular weight is 469 g/mol. The van der Waals surface area contributed by atoms with Crippen molar-refractivity contribution in [2.45, 2.75) is 43.8 Å². The highest BCUT2D eigenvalue weighted by molar-refractivity contribution is 7.14. The van der Waals surface area contributed by atoms with Crippen LogP contribution in [0.5, 0.6) is 0 Å². The van der Waals surface area contributed by atoms with E-state index >= 15 is 0 Å². The van der Waals surface area contributed by atoms with Crippen molar-refractivity contribution in [3.63, 3.8) is 0 Å². The third kappa shape index (κ3) is 4.08. The van der Waals surface area contributed by atoms with Crippen molar-refractivity contribution in [3.8, 4) is 21.6 Å². The van der Waals surface area contributed by atoms with Crippen LogP contribution >= 0.6 is 22.9 Å². The van der Waals surface area contributed by atoms with Gasteiger partial charge in [0.05, 0.1) is 16.8 Å². The van der Waals surface area contributed by atoms with Crippen molar-refractivity contribution in [3.05, 3.63) is 64.3 Å². The van der Waals surface area contributed by atoms with Crippen LogP contribution in [0.2, 0.25) is 5.02 Å². The lowest BCUT2D eigenvalue weighted by molar-refractivity contribution is -0.0425. The van der Waals surface area contributed by atoms with Gasteiger partial charge in [-0.05, 0) is 78.9 Å². The number of aliphatic hydroxyl groups is 2. The minimum Gasteiger partial charge on any atom is -0.393 e. The molecule has 1 aliphatic carbocycles. The fraction of sp³-hybridized carbons (Fsp3) is 0.360. The van der Waals surface area contributed by atoms with E-state index in [1.54, 1.807) is 28.5 Å². The summed E-state index contributed by atoms with van der Waals surface area (Å²) in [6.45, 7) is 1.13. The molecule has 0 unspecified atom stereocenters. The van der Waals surface area contributed by atoms with Gasteiger partial charge in [-0.25, -0.2) is 0 Å². The van der Waals surface area contributed by atoms with Crippen molar-refractivity contribution >= 4 is 28.8 Å². The molecule has 2 aromatic heterocycles. The molecule has 1 amide bonds. The van der Waals surface area contributed by atoms with Crippen LogP contribution < -0.4 is 0 Å². The van der Waals surface area contributed by atoms with E-state index in [2.05, 4.69) is 16.4 Å². The van der Waals surface area contributed by atoms with E-state index in [1.165, 1.54) is 0 Å². The summed E-state index contributed by atoms with van der Waals surface area (Å²) in [7, 11) is 0. The van der Waals surface area contributed by atoms with Crippen molar-refractivity contribution in [2.24, 2.45) is 0 Å². The standard InChI is InChI=1S/C25H25ClN2O3S/c26-21-12-17(24(30)28-10-5-19(29)6-11-28)2-3-20(21)22-13-18(15-32-22)16-4-9-27-23(14-16)25(31)7-1-8-25/h2-4,9,12-15,19,29,31H,1,5-8,10-11H2. The summed E-state index contributed by atoms with van der Waals surface area (Å²) in [4.78, 5) is 20.0. The van der Waals surface area contributed by atoms with Crippen LogP contribution in [0.3, 0.4) is 0 Å². The van der Waals surface area contributed by atoms with E-state index in [0.29, 0.717) is 36.5 Å². The maximum Gasteiger partial charge on any atom is 0.253 e. The van der Waals surface area contributed by atoms with Gasteiger partial charge in [0.1, 0.15) is 5.60 Å². The van der Waals surface area contributed by atoms with Gasteiger partial charge in [0, 0.05) is 35.3 Å². The van der Waals surface area contributed by atoms with Gasteiger partial charge >= 0.3 is 0 Å². The van der Waals surface area contributed by atoms with Gasteiger partial charge in [0.2, 0.25) is 0 Å². The predicted octanol–water partition coefficient (Wildman–Crippen LogP) is 5.10. The molecule has 1 saturated carbocycles. The second-order valence-corrected chi connectivity index (χ2v) is 10.1. The molecule has 1 aromatic carbocycles. The van der Waals surface area contributed by atoms with Crippen LogP contribution in [0.25, 0.3) is 21.6 Å². The normalized spacial score (nSPS) is 18.4. The van der Waals surface area contributed by atoms with E-state index < -0.39 is 5.60 Å². The van der Waals surface area contributed by atoms with Crippen LogP contribution in [-0.2, 0) is 5.60 Å². The van der Waals surface area contributed by atoms with Gasteiger partial charge in [0.25, 0.3) is 5.91 Å². The Morgan fingerprint density at radius 3 is 2.59 bits per heavy atom. The number of nitrogens with zero attached hydrogens (tertiary/aromatic N) is 2. The van der Waals surface area contributed by atoms with Gasteiger partial charge in [-0.1, -0.05) is 17.7 Å². The molecule has 3 aromatic rings. The number of carbonyl (C=O) groups is 1. The fourth-order valence-corrected chi connectivity index (χ4v) is 5.66. The van der Waals surface area contributed by atoms with Crippen LogP contribution in [0.4, 0.5) is 0 Å². The van der Waals surface area contributed by atoms with Crippen molar-refractivity contribution in [2.75, 3.05) is 13.1 Å². The molecule has 0 bridgehead atoms. The smallest absolute Gasteiger partial charge is 0.253 e. The van der Waals surface area contributed by atoms with E-state index in [0.717, 1.165) is 46.5 Å². The average Bonchev–Trinajstić information content (AvgIpc) is 3.27. The molecule has 0 spiro atoms. The Bertz CT molecular complexity index is 1150. The van der Waals surface area contributed by atoms with E-state index in [-0.39, 0.29) is 12.0 Å². The molecule has 5 nitrogen and oxygen atoms in total. The van der Waals surface area contributed by atoms with Crippen LogP contribution in [0, 0.1) is 0 Å².